The van der Waals surface area contributed by atoms with Crippen LogP contribution >= 0.6 is 22.6 Å². The molecule has 0 bridgehead atoms. The largest absolute Gasteiger partial charge is 0.448 e. The van der Waals surface area contributed by atoms with Gasteiger partial charge >= 0.3 is 18.1 Å². The van der Waals surface area contributed by atoms with Crippen LogP contribution in [0.2, 0.25) is 0 Å². The average Bonchev–Trinajstić information content (AvgIpc) is 2.34. The number of hydrogen-bond donors (Lipinski definition) is 1. The lowest BCUT2D eigenvalue weighted by Crippen LogP contribution is -2.39. The third-order valence-electron chi connectivity index (χ3n) is 2.39. The molecule has 24 heavy (non-hydrogen) atoms. The van der Waals surface area contributed by atoms with Crippen LogP contribution in [0.25, 0.3) is 0 Å². The second kappa shape index (κ2) is 7.65. The summed E-state index contributed by atoms with van der Waals surface area (Å²) in [7, 11) is -5.05. The Morgan fingerprint density at radius 3 is 2.38 bits per heavy atom. The molecule has 1 unspecified atom stereocenters. The molecule has 7 nitrogen and oxygen atoms in total. The van der Waals surface area contributed by atoms with Gasteiger partial charge in [0.05, 0.1) is 0 Å². The lowest BCUT2D eigenvalue weighted by molar-refractivity contribution is -0.197. The van der Waals surface area contributed by atoms with Crippen LogP contribution in [0.3, 0.4) is 0 Å². The van der Waals surface area contributed by atoms with Crippen LogP contribution < -0.4 is 4.74 Å². The van der Waals surface area contributed by atoms with Gasteiger partial charge in [-0.25, -0.2) is 4.79 Å². The Morgan fingerprint density at radius 1 is 1.33 bits per heavy atom. The maximum absolute atomic E-state index is 12.8. The first kappa shape index (κ1) is 20.6. The van der Waals surface area contributed by atoms with Crippen LogP contribution in [-0.2, 0) is 19.6 Å². The topological polar surface area (TPSA) is 107 Å². The first-order valence-corrected chi connectivity index (χ1v) is 8.69. The molecule has 1 aromatic carbocycles. The fourth-order valence-corrected chi connectivity index (χ4v) is 2.59. The Hall–Kier alpha value is -1.41. The van der Waals surface area contributed by atoms with Gasteiger partial charge in [0, 0.05) is 10.5 Å². The first-order chi connectivity index (χ1) is 10.8. The van der Waals surface area contributed by atoms with Crippen LogP contribution in [0.4, 0.5) is 13.2 Å². The highest BCUT2D eigenvalue weighted by Gasteiger charge is 2.45. The third kappa shape index (κ3) is 6.60. The molecule has 0 radical (unpaired) electrons. The van der Waals surface area contributed by atoms with Crippen molar-refractivity contribution in [3.8, 4) is 5.75 Å². The Labute approximate surface area is 148 Å². The Morgan fingerprint density at radius 2 is 1.92 bits per heavy atom. The summed E-state index contributed by atoms with van der Waals surface area (Å²) in [6, 6.07) is 3.61. The van der Waals surface area contributed by atoms with E-state index in [0.717, 1.165) is 13.0 Å². The number of carbonyl (C=O) groups is 2. The molecular formula is C12H10F3IO7S. The van der Waals surface area contributed by atoms with Gasteiger partial charge in [-0.3, -0.25) is 9.35 Å². The van der Waals surface area contributed by atoms with Crippen LogP contribution in [0, 0.1) is 3.57 Å². The molecule has 0 fully saturated rings. The number of esters is 2. The average molecular weight is 482 g/mol. The standard InChI is InChI=1S/C12H10F3IO7S/c1-6(17)22-9-4-7(16)2-3-8(9)11(18)23-10(12(13,14)15)5-24(19,20)21/h2-4,10H,5H2,1H3,(H,19,20,21). The second-order valence-electron chi connectivity index (χ2n) is 4.42. The van der Waals surface area contributed by atoms with Gasteiger partial charge in [-0.05, 0) is 40.8 Å². The van der Waals surface area contributed by atoms with Gasteiger partial charge in [-0.1, -0.05) is 0 Å². The fraction of sp³-hybridized carbons (Fsp3) is 0.333. The van der Waals surface area contributed by atoms with E-state index in [-0.39, 0.29) is 5.75 Å². The highest BCUT2D eigenvalue weighted by atomic mass is 127. The highest BCUT2D eigenvalue weighted by Crippen LogP contribution is 2.28. The molecule has 0 saturated heterocycles. The van der Waals surface area contributed by atoms with E-state index in [1.165, 1.54) is 12.1 Å². The van der Waals surface area contributed by atoms with Crippen LogP contribution in [0.1, 0.15) is 17.3 Å². The number of ether oxygens (including phenoxy) is 2. The number of halogens is 4. The predicted octanol–water partition coefficient (Wildman–Crippen LogP) is 2.19. The molecule has 0 aromatic heterocycles. The smallest absolute Gasteiger partial charge is 0.426 e. The fourth-order valence-electron chi connectivity index (χ4n) is 1.48. The van der Waals surface area contributed by atoms with E-state index < -0.39 is 45.7 Å². The molecule has 1 N–H and O–H groups in total. The number of benzene rings is 1. The Bertz CT molecular complexity index is 746. The van der Waals surface area contributed by atoms with Crippen molar-refractivity contribution >= 4 is 44.6 Å². The summed E-state index contributed by atoms with van der Waals surface area (Å²) >= 11 is 1.81. The summed E-state index contributed by atoms with van der Waals surface area (Å²) in [6.07, 6.45) is -8.31. The maximum atomic E-state index is 12.8. The van der Waals surface area contributed by atoms with Crippen molar-refractivity contribution in [3.05, 3.63) is 27.3 Å². The van der Waals surface area contributed by atoms with Crippen LogP contribution in [-0.4, -0.2) is 42.9 Å². The summed E-state index contributed by atoms with van der Waals surface area (Å²) in [5, 5.41) is 0. The van der Waals surface area contributed by atoms with E-state index in [2.05, 4.69) is 4.74 Å². The van der Waals surface area contributed by atoms with Gasteiger partial charge in [0.2, 0.25) is 6.10 Å². The van der Waals surface area contributed by atoms with E-state index >= 15 is 0 Å². The predicted molar refractivity (Wildman–Crippen MR) is 82.1 cm³/mol. The first-order valence-electron chi connectivity index (χ1n) is 6.00. The second-order valence-corrected chi connectivity index (χ2v) is 7.16. The molecular weight excluding hydrogens is 472 g/mol. The van der Waals surface area contributed by atoms with Crippen molar-refractivity contribution in [1.82, 2.24) is 0 Å². The molecule has 1 aromatic rings. The molecule has 0 aliphatic heterocycles. The van der Waals surface area contributed by atoms with Crippen molar-refractivity contribution < 1.29 is 45.2 Å². The number of carbonyl (C=O) groups excluding carboxylic acids is 2. The molecule has 1 atom stereocenters. The van der Waals surface area contributed by atoms with Crippen molar-refractivity contribution in [1.29, 1.82) is 0 Å². The quantitative estimate of drug-likeness (QED) is 0.297. The van der Waals surface area contributed by atoms with Crippen molar-refractivity contribution in [2.75, 3.05) is 5.75 Å². The SMILES string of the molecule is CC(=O)Oc1cc(I)ccc1C(=O)OC(CS(=O)(=O)O)C(F)(F)F. The summed E-state index contributed by atoms with van der Waals surface area (Å²) in [5.74, 6) is -4.58. The molecule has 0 saturated carbocycles. The zero-order valence-corrected chi connectivity index (χ0v) is 14.8. The molecule has 0 heterocycles. The highest BCUT2D eigenvalue weighted by molar-refractivity contribution is 14.1. The van der Waals surface area contributed by atoms with Crippen LogP contribution in [0.5, 0.6) is 5.75 Å². The van der Waals surface area contributed by atoms with Crippen LogP contribution in [0.15, 0.2) is 18.2 Å². The molecule has 0 aliphatic rings. The maximum Gasteiger partial charge on any atom is 0.426 e. The number of alkyl halides is 3. The summed E-state index contributed by atoms with van der Waals surface area (Å²) in [4.78, 5) is 22.9. The van der Waals surface area contributed by atoms with E-state index in [1.807, 2.05) is 22.6 Å². The molecule has 12 heteroatoms. The summed E-state index contributed by atoms with van der Waals surface area (Å²) in [6.45, 7) is 1.02. The lowest BCUT2D eigenvalue weighted by atomic mass is 10.2. The lowest BCUT2D eigenvalue weighted by Gasteiger charge is -2.20. The van der Waals surface area contributed by atoms with Gasteiger partial charge in [-0.15, -0.1) is 0 Å². The van der Waals surface area contributed by atoms with Crippen molar-refractivity contribution in [2.24, 2.45) is 0 Å². The van der Waals surface area contributed by atoms with E-state index in [1.54, 1.807) is 0 Å². The zero-order chi connectivity index (χ0) is 18.7. The molecule has 0 aliphatic carbocycles. The molecule has 1 rings (SSSR count). The molecule has 0 spiro atoms. The van der Waals surface area contributed by atoms with E-state index in [0.29, 0.717) is 3.57 Å². The molecule has 134 valence electrons. The Balaban J connectivity index is 3.14. The van der Waals surface area contributed by atoms with Crippen molar-refractivity contribution in [3.63, 3.8) is 0 Å². The van der Waals surface area contributed by atoms with Gasteiger partial charge in [0.15, 0.2) is 0 Å². The Kier molecular flexibility index (Phi) is 6.58. The normalized spacial score (nSPS) is 13.2. The minimum absolute atomic E-state index is 0.341. The monoisotopic (exact) mass is 482 g/mol. The molecule has 0 amide bonds. The third-order valence-corrected chi connectivity index (χ3v) is 3.79. The zero-order valence-electron chi connectivity index (χ0n) is 11.8. The minimum Gasteiger partial charge on any atom is -0.448 e. The summed E-state index contributed by atoms with van der Waals surface area (Å²) in [5.41, 5.74) is -0.504. The van der Waals surface area contributed by atoms with Gasteiger partial charge < -0.3 is 9.47 Å². The number of hydrogen-bond acceptors (Lipinski definition) is 6. The van der Waals surface area contributed by atoms with Gasteiger partial charge in [0.25, 0.3) is 10.1 Å². The summed E-state index contributed by atoms with van der Waals surface area (Å²) < 4.78 is 77.5. The number of rotatable bonds is 5. The van der Waals surface area contributed by atoms with E-state index in [9.17, 15) is 31.2 Å². The van der Waals surface area contributed by atoms with Gasteiger partial charge in [0.1, 0.15) is 17.1 Å². The van der Waals surface area contributed by atoms with Crippen molar-refractivity contribution in [2.45, 2.75) is 19.2 Å². The minimum atomic E-state index is -5.23. The van der Waals surface area contributed by atoms with E-state index in [4.69, 9.17) is 9.29 Å². The van der Waals surface area contributed by atoms with Gasteiger partial charge in [-0.2, -0.15) is 21.6 Å².